The summed E-state index contributed by atoms with van der Waals surface area (Å²) >= 11 is 0. The van der Waals surface area contributed by atoms with Crippen molar-refractivity contribution in [2.45, 2.75) is 11.5 Å². The maximum atomic E-state index is 12.0. The molecule has 1 aliphatic rings. The van der Waals surface area contributed by atoms with Crippen LogP contribution in [0.2, 0.25) is 0 Å². The van der Waals surface area contributed by atoms with Crippen LogP contribution >= 0.6 is 0 Å². The van der Waals surface area contributed by atoms with Gasteiger partial charge in [0.05, 0.1) is 0 Å². The summed E-state index contributed by atoms with van der Waals surface area (Å²) in [5.74, 6) is -0.755. The molecule has 7 heteroatoms. The van der Waals surface area contributed by atoms with Crippen molar-refractivity contribution >= 4 is 15.6 Å². The molecule has 2 rings (SSSR count). The molecule has 0 spiro atoms. The molecule has 1 unspecified atom stereocenters. The minimum Gasteiger partial charge on any atom is -0.441 e. The van der Waals surface area contributed by atoms with E-state index in [1.807, 2.05) is 0 Å². The third-order valence-corrected chi connectivity index (χ3v) is 4.36. The molecule has 15 heavy (non-hydrogen) atoms. The van der Waals surface area contributed by atoms with Gasteiger partial charge in [0, 0.05) is 17.5 Å². The molecule has 0 fully saturated rings. The van der Waals surface area contributed by atoms with E-state index in [1.54, 1.807) is 0 Å². The summed E-state index contributed by atoms with van der Waals surface area (Å²) in [6, 6.07) is 2.70. The molecular weight excluding hydrogens is 220 g/mol. The molecule has 0 saturated carbocycles. The van der Waals surface area contributed by atoms with Crippen LogP contribution in [-0.4, -0.2) is 22.4 Å². The topological polar surface area (TPSA) is 89.1 Å². The number of nitrogens with zero attached hydrogens (tertiary/aromatic N) is 2. The van der Waals surface area contributed by atoms with Gasteiger partial charge in [0.15, 0.2) is 10.9 Å². The second kappa shape index (κ2) is 3.58. The molecule has 0 saturated heterocycles. The van der Waals surface area contributed by atoms with Gasteiger partial charge in [-0.2, -0.15) is 0 Å². The first kappa shape index (κ1) is 10.0. The minimum atomic E-state index is -2.49. The van der Waals surface area contributed by atoms with Crippen molar-refractivity contribution in [2.75, 3.05) is 12.3 Å². The van der Waals surface area contributed by atoms with E-state index >= 15 is 0 Å². The molecule has 1 aromatic heterocycles. The van der Waals surface area contributed by atoms with Crippen LogP contribution in [0.1, 0.15) is 17.0 Å². The Morgan fingerprint density at radius 1 is 1.53 bits per heavy atom. The zero-order chi connectivity index (χ0) is 10.9. The van der Waals surface area contributed by atoms with E-state index in [9.17, 15) is 13.9 Å². The fourth-order valence-electron chi connectivity index (χ4n) is 1.35. The van der Waals surface area contributed by atoms with E-state index < -0.39 is 15.6 Å². The molecule has 0 aromatic carbocycles. The van der Waals surface area contributed by atoms with Gasteiger partial charge in [-0.1, -0.05) is 0 Å². The lowest BCUT2D eigenvalue weighted by molar-refractivity contribution is 0.0969. The highest BCUT2D eigenvalue weighted by Gasteiger charge is 2.22. The second-order valence-corrected chi connectivity index (χ2v) is 5.42. The molecule has 1 aromatic rings. The van der Waals surface area contributed by atoms with Crippen molar-refractivity contribution in [3.05, 3.63) is 22.8 Å². The zero-order valence-corrected chi connectivity index (χ0v) is 8.53. The first-order valence-electron chi connectivity index (χ1n) is 4.34. The molecule has 80 valence electrons. The monoisotopic (exact) mass is 228 g/mol. The average molecular weight is 228 g/mol. The molecule has 2 heterocycles. The molecule has 1 aliphatic heterocycles. The second-order valence-electron chi connectivity index (χ2n) is 3.07. The molecule has 0 N–H and O–H groups in total. The highest BCUT2D eigenvalue weighted by Crippen LogP contribution is 2.22. The summed E-state index contributed by atoms with van der Waals surface area (Å²) in [5, 5.41) is 2.37. The summed E-state index contributed by atoms with van der Waals surface area (Å²) < 4.78 is 21.0. The van der Waals surface area contributed by atoms with E-state index in [0.29, 0.717) is 12.3 Å². The summed E-state index contributed by atoms with van der Waals surface area (Å²) in [4.78, 5) is 20.8. The Morgan fingerprint density at radius 2 is 2.33 bits per heavy atom. The Hall–Kier alpha value is -1.50. The van der Waals surface area contributed by atoms with Crippen molar-refractivity contribution in [2.24, 2.45) is 9.54 Å². The molecule has 1 atom stereocenters. The fourth-order valence-corrected chi connectivity index (χ4v) is 3.26. The van der Waals surface area contributed by atoms with E-state index in [4.69, 9.17) is 4.42 Å². The molecule has 0 radical (unpaired) electrons. The van der Waals surface area contributed by atoms with Crippen LogP contribution in [0.5, 0.6) is 0 Å². The third-order valence-electron chi connectivity index (χ3n) is 2.07. The van der Waals surface area contributed by atoms with Crippen LogP contribution in [0.3, 0.4) is 0 Å². The number of furan rings is 1. The van der Waals surface area contributed by atoms with E-state index in [0.717, 1.165) is 6.42 Å². The number of hydrogen-bond donors (Lipinski definition) is 0. The average Bonchev–Trinajstić information content (AvgIpc) is 2.85. The van der Waals surface area contributed by atoms with Crippen molar-refractivity contribution < 1.29 is 13.4 Å². The molecule has 0 bridgehead atoms. The quantitative estimate of drug-likeness (QED) is 0.716. The maximum Gasteiger partial charge on any atom is 0.351 e. The first-order valence-corrected chi connectivity index (χ1v) is 6.02. The third kappa shape index (κ3) is 1.70. The van der Waals surface area contributed by atoms with Gasteiger partial charge in [0.1, 0.15) is 9.73 Å². The van der Waals surface area contributed by atoms with Crippen molar-refractivity contribution in [3.8, 4) is 0 Å². The van der Waals surface area contributed by atoms with Gasteiger partial charge in [0.2, 0.25) is 0 Å². The van der Waals surface area contributed by atoms with E-state index in [1.165, 1.54) is 12.1 Å². The Morgan fingerprint density at radius 3 is 2.93 bits per heavy atom. The van der Waals surface area contributed by atoms with E-state index in [2.05, 4.69) is 9.54 Å². The number of carbonyl (C=O) groups excluding carboxylic acids is 1. The molecular formula is C8H8N2O4S. The Labute approximate surface area is 85.8 Å². The summed E-state index contributed by atoms with van der Waals surface area (Å²) in [5.41, 5.74) is 0. The Kier molecular flexibility index (Phi) is 2.39. The first-order chi connectivity index (χ1) is 7.15. The lowest BCUT2D eigenvalue weighted by Gasteiger charge is -1.97. The maximum absolute atomic E-state index is 12.0. The van der Waals surface area contributed by atoms with Crippen molar-refractivity contribution in [3.63, 3.8) is 0 Å². The van der Waals surface area contributed by atoms with Crippen LogP contribution in [0, 0.1) is 4.91 Å². The van der Waals surface area contributed by atoms with Gasteiger partial charge in [-0.15, -0.1) is 4.91 Å². The normalized spacial score (nSPS) is 24.8. The molecule has 0 aliphatic carbocycles. The summed E-state index contributed by atoms with van der Waals surface area (Å²) in [6.07, 6.45) is 0.745. The van der Waals surface area contributed by atoms with Crippen molar-refractivity contribution in [1.29, 1.82) is 0 Å². The standard InChI is InChI=1S/C8H8N2O4S/c11-8(10-12)6-2-3-7(14-6)15(13)5-1-4-9-15/h2-3H,1,4-5H2. The van der Waals surface area contributed by atoms with Crippen molar-refractivity contribution in [1.82, 2.24) is 0 Å². The number of hydrogen-bond acceptors (Lipinski definition) is 5. The zero-order valence-electron chi connectivity index (χ0n) is 7.71. The number of amides is 1. The van der Waals surface area contributed by atoms with E-state index in [-0.39, 0.29) is 10.9 Å². The Bertz CT molecular complexity index is 524. The SMILES string of the molecule is O=NC(=O)c1ccc(S2(=O)=NCCC2)o1. The minimum absolute atomic E-state index is 0.159. The lowest BCUT2D eigenvalue weighted by Crippen LogP contribution is -1.99. The highest BCUT2D eigenvalue weighted by atomic mass is 32.2. The smallest absolute Gasteiger partial charge is 0.351 e. The van der Waals surface area contributed by atoms with Gasteiger partial charge >= 0.3 is 5.91 Å². The van der Waals surface area contributed by atoms with Gasteiger partial charge < -0.3 is 4.42 Å². The van der Waals surface area contributed by atoms with Crippen LogP contribution in [0.25, 0.3) is 0 Å². The largest absolute Gasteiger partial charge is 0.441 e. The summed E-state index contributed by atoms with van der Waals surface area (Å²) in [7, 11) is -2.49. The van der Waals surface area contributed by atoms with Crippen LogP contribution in [-0.2, 0) is 9.73 Å². The predicted octanol–water partition coefficient (Wildman–Crippen LogP) is 1.42. The number of rotatable bonds is 2. The van der Waals surface area contributed by atoms with Crippen LogP contribution in [0.15, 0.2) is 31.2 Å². The van der Waals surface area contributed by atoms with Crippen LogP contribution < -0.4 is 0 Å². The van der Waals surface area contributed by atoms with Gasteiger partial charge in [-0.3, -0.25) is 4.79 Å². The van der Waals surface area contributed by atoms with Gasteiger partial charge in [-0.25, -0.2) is 8.57 Å². The fraction of sp³-hybridized carbons (Fsp3) is 0.375. The highest BCUT2D eigenvalue weighted by molar-refractivity contribution is 7.93. The predicted molar refractivity (Wildman–Crippen MR) is 52.0 cm³/mol. The Balaban J connectivity index is 2.40. The van der Waals surface area contributed by atoms with Crippen LogP contribution in [0.4, 0.5) is 0 Å². The van der Waals surface area contributed by atoms with Gasteiger partial charge in [-0.05, 0) is 18.6 Å². The summed E-state index contributed by atoms with van der Waals surface area (Å²) in [6.45, 7) is 0.536. The number of carbonyl (C=O) groups is 1. The van der Waals surface area contributed by atoms with Gasteiger partial charge in [0.25, 0.3) is 0 Å². The molecule has 6 nitrogen and oxygen atoms in total. The molecule has 1 amide bonds. The number of nitroso groups, excluding NO2 is 1. The lowest BCUT2D eigenvalue weighted by atomic mass is 10.4.